The van der Waals surface area contributed by atoms with Gasteiger partial charge >= 0.3 is 11.9 Å². The molecule has 0 aromatic heterocycles. The van der Waals surface area contributed by atoms with E-state index < -0.39 is 35.0 Å². The number of carbonyl (C=O) groups is 3. The number of hydrogen-bond donors (Lipinski definition) is 0. The van der Waals surface area contributed by atoms with E-state index in [1.165, 1.54) is 7.11 Å². The molecule has 3 rings (SSSR count). The van der Waals surface area contributed by atoms with Gasteiger partial charge in [-0.25, -0.2) is 4.79 Å². The molecule has 0 saturated heterocycles. The number of halogens is 2. The largest absolute Gasteiger partial charge is 0.469 e. The highest BCUT2D eigenvalue weighted by molar-refractivity contribution is 9.10. The Morgan fingerprint density at radius 2 is 1.43 bits per heavy atom. The van der Waals surface area contributed by atoms with Gasteiger partial charge in [-0.3, -0.25) is 9.59 Å². The third kappa shape index (κ3) is 3.65. The van der Waals surface area contributed by atoms with Crippen LogP contribution < -0.4 is 0 Å². The van der Waals surface area contributed by atoms with Gasteiger partial charge in [0.1, 0.15) is 0 Å². The van der Waals surface area contributed by atoms with Crippen LogP contribution >= 0.6 is 31.9 Å². The summed E-state index contributed by atoms with van der Waals surface area (Å²) in [6.07, 6.45) is 0.279. The first-order chi connectivity index (χ1) is 13.3. The Kier molecular flexibility index (Phi) is 6.05. The number of rotatable bonds is 6. The van der Waals surface area contributed by atoms with Crippen molar-refractivity contribution < 1.29 is 23.9 Å². The Hall–Kier alpha value is -1.99. The molecule has 1 aliphatic carbocycles. The lowest BCUT2D eigenvalue weighted by Crippen LogP contribution is -2.28. The number of Topliss-reactive ketones (excluding diaryl/α,β-unsaturated/α-hetero) is 1. The minimum atomic E-state index is -1.15. The lowest BCUT2D eigenvalue weighted by molar-refractivity contribution is -0.154. The van der Waals surface area contributed by atoms with E-state index in [0.29, 0.717) is 0 Å². The zero-order chi connectivity index (χ0) is 20.5. The van der Waals surface area contributed by atoms with Gasteiger partial charge in [0, 0.05) is 14.9 Å². The molecule has 1 fully saturated rings. The molecule has 1 saturated carbocycles. The van der Waals surface area contributed by atoms with Gasteiger partial charge in [0.2, 0.25) is 5.78 Å². The molecule has 0 aliphatic heterocycles. The van der Waals surface area contributed by atoms with Crippen molar-refractivity contribution >= 4 is 49.6 Å². The Morgan fingerprint density at radius 1 is 0.893 bits per heavy atom. The van der Waals surface area contributed by atoms with Crippen molar-refractivity contribution in [2.45, 2.75) is 12.3 Å². The van der Waals surface area contributed by atoms with Gasteiger partial charge in [-0.1, -0.05) is 56.1 Å². The lowest BCUT2D eigenvalue weighted by atomic mass is 9.90. The van der Waals surface area contributed by atoms with E-state index in [9.17, 15) is 14.4 Å². The summed E-state index contributed by atoms with van der Waals surface area (Å²) in [6, 6.07) is 14.9. The summed E-state index contributed by atoms with van der Waals surface area (Å²) in [5, 5.41) is 0. The number of carbonyl (C=O) groups excluding carboxylic acids is 3. The highest BCUT2D eigenvalue weighted by Crippen LogP contribution is 2.67. The molecule has 0 bridgehead atoms. The van der Waals surface area contributed by atoms with Crippen LogP contribution in [0, 0.1) is 11.3 Å². The van der Waals surface area contributed by atoms with E-state index in [2.05, 4.69) is 36.6 Å². The van der Waals surface area contributed by atoms with Gasteiger partial charge in [-0.2, -0.15) is 0 Å². The fourth-order valence-corrected chi connectivity index (χ4v) is 4.42. The third-order valence-corrected chi connectivity index (χ3v) is 6.26. The summed E-state index contributed by atoms with van der Waals surface area (Å²) in [5.74, 6) is -3.47. The van der Waals surface area contributed by atoms with Crippen LogP contribution in [0.15, 0.2) is 57.5 Å². The number of esters is 2. The smallest absolute Gasteiger partial charge is 0.374 e. The number of ketones is 1. The number of methoxy groups -OCH3 is 2. The maximum atomic E-state index is 12.9. The average molecular weight is 510 g/mol. The molecule has 1 aliphatic rings. The van der Waals surface area contributed by atoms with Crippen molar-refractivity contribution in [3.8, 4) is 0 Å². The molecule has 3 atom stereocenters. The first kappa shape index (κ1) is 20.7. The van der Waals surface area contributed by atoms with E-state index in [1.807, 2.05) is 48.5 Å². The summed E-state index contributed by atoms with van der Waals surface area (Å²) in [4.78, 5) is 37.6. The number of hydrogen-bond acceptors (Lipinski definition) is 5. The Labute approximate surface area is 179 Å². The average Bonchev–Trinajstić information content (AvgIpc) is 3.37. The second-order valence-corrected chi connectivity index (χ2v) is 8.53. The van der Waals surface area contributed by atoms with E-state index in [1.54, 1.807) is 0 Å². The van der Waals surface area contributed by atoms with Crippen molar-refractivity contribution in [2.24, 2.45) is 11.3 Å². The van der Waals surface area contributed by atoms with Crippen molar-refractivity contribution in [3.63, 3.8) is 0 Å². The summed E-state index contributed by atoms with van der Waals surface area (Å²) in [7, 11) is 2.45. The summed E-state index contributed by atoms with van der Waals surface area (Å²) in [6.45, 7) is 0. The first-order valence-corrected chi connectivity index (χ1v) is 10.1. The molecule has 2 aromatic rings. The minimum absolute atomic E-state index is 0.279. The van der Waals surface area contributed by atoms with Gasteiger partial charge in [0.05, 0.1) is 25.6 Å². The van der Waals surface area contributed by atoms with E-state index >= 15 is 0 Å². The van der Waals surface area contributed by atoms with Gasteiger partial charge in [0.15, 0.2) is 0 Å². The van der Waals surface area contributed by atoms with E-state index in [0.717, 1.165) is 27.2 Å². The monoisotopic (exact) mass is 508 g/mol. The maximum Gasteiger partial charge on any atom is 0.374 e. The predicted octanol–water partition coefficient (Wildman–Crippen LogP) is 4.07. The highest BCUT2D eigenvalue weighted by atomic mass is 79.9. The molecule has 0 spiro atoms. The number of ether oxygens (including phenoxy) is 2. The van der Waals surface area contributed by atoms with E-state index in [-0.39, 0.29) is 6.42 Å². The van der Waals surface area contributed by atoms with Crippen molar-refractivity contribution in [2.75, 3.05) is 14.2 Å². The quantitative estimate of drug-likeness (QED) is 0.433. The van der Waals surface area contributed by atoms with E-state index in [4.69, 9.17) is 4.74 Å². The predicted molar refractivity (Wildman–Crippen MR) is 110 cm³/mol. The molecule has 7 heteroatoms. The van der Waals surface area contributed by atoms with Crippen LogP contribution in [-0.2, 0) is 30.3 Å². The number of benzene rings is 2. The first-order valence-electron chi connectivity index (χ1n) is 8.55. The van der Waals surface area contributed by atoms with Gasteiger partial charge in [-0.05, 0) is 41.8 Å². The van der Waals surface area contributed by atoms with Crippen LogP contribution in [0.2, 0.25) is 0 Å². The van der Waals surface area contributed by atoms with Crippen molar-refractivity contribution in [3.05, 3.63) is 68.6 Å². The molecule has 5 nitrogen and oxygen atoms in total. The molecule has 0 radical (unpaired) electrons. The molecule has 2 aromatic carbocycles. The maximum absolute atomic E-state index is 12.9. The summed E-state index contributed by atoms with van der Waals surface area (Å²) >= 11 is 6.78. The van der Waals surface area contributed by atoms with Crippen LogP contribution in [0.4, 0.5) is 0 Å². The third-order valence-electron chi connectivity index (χ3n) is 5.21. The Balaban J connectivity index is 2.08. The van der Waals surface area contributed by atoms with Gasteiger partial charge in [-0.15, -0.1) is 0 Å². The molecular weight excluding hydrogens is 492 g/mol. The summed E-state index contributed by atoms with van der Waals surface area (Å²) in [5.41, 5.74) is 0.519. The van der Waals surface area contributed by atoms with Crippen molar-refractivity contribution in [1.29, 1.82) is 0 Å². The van der Waals surface area contributed by atoms with Crippen LogP contribution in [0.1, 0.15) is 17.0 Å². The molecule has 0 N–H and O–H groups in total. The standard InChI is InChI=1S/C21H18Br2O5/c1-27-19(25)18(24)17-16(13-5-9-15(23)10-6-13)21(17,20(26)28-2)11-12-3-7-14(22)8-4-12/h3-10,16-17H,11H2,1-2H3/t16-,17+,21-/m1/s1. The van der Waals surface area contributed by atoms with Gasteiger partial charge in [0.25, 0.3) is 0 Å². The van der Waals surface area contributed by atoms with Crippen LogP contribution in [0.3, 0.4) is 0 Å². The second kappa shape index (κ2) is 8.17. The molecule has 0 amide bonds. The molecule has 0 heterocycles. The van der Waals surface area contributed by atoms with Crippen LogP contribution in [-0.4, -0.2) is 31.9 Å². The molecule has 146 valence electrons. The molecular formula is C21H18Br2O5. The minimum Gasteiger partial charge on any atom is -0.469 e. The SMILES string of the molecule is COC(=O)C(=O)[C@@H]1[C@@H](c2ccc(Br)cc2)[C@@]1(Cc1ccc(Br)cc1)C(=O)OC. The Morgan fingerprint density at radius 3 is 1.93 bits per heavy atom. The summed E-state index contributed by atoms with van der Waals surface area (Å²) < 4.78 is 11.5. The normalized spacial score (nSPS) is 23.0. The highest BCUT2D eigenvalue weighted by Gasteiger charge is 2.74. The van der Waals surface area contributed by atoms with Crippen LogP contribution in [0.5, 0.6) is 0 Å². The molecule has 0 unspecified atom stereocenters. The fraction of sp³-hybridized carbons (Fsp3) is 0.286. The zero-order valence-corrected chi connectivity index (χ0v) is 18.4. The van der Waals surface area contributed by atoms with Gasteiger partial charge < -0.3 is 9.47 Å². The van der Waals surface area contributed by atoms with Crippen molar-refractivity contribution in [1.82, 2.24) is 0 Å². The Bertz CT molecular complexity index is 907. The zero-order valence-electron chi connectivity index (χ0n) is 15.3. The second-order valence-electron chi connectivity index (χ2n) is 6.70. The molecule has 28 heavy (non-hydrogen) atoms. The lowest BCUT2D eigenvalue weighted by Gasteiger charge is -2.16. The fourth-order valence-electron chi connectivity index (χ4n) is 3.89. The van der Waals surface area contributed by atoms with Crippen LogP contribution in [0.25, 0.3) is 0 Å². The topological polar surface area (TPSA) is 69.7 Å².